The van der Waals surface area contributed by atoms with Crippen LogP contribution in [-0.4, -0.2) is 0 Å². The Balaban J connectivity index is 3.29. The molecule has 1 aromatic carbocycles. The summed E-state index contributed by atoms with van der Waals surface area (Å²) in [5.41, 5.74) is 0.0442. The number of benzene rings is 1. The molecule has 1 aromatic rings. The predicted molar refractivity (Wildman–Crippen MR) is 54.4 cm³/mol. The molecule has 2 nitrogen and oxygen atoms in total. The first-order chi connectivity index (χ1) is 7.51. The molecule has 16 heavy (non-hydrogen) atoms. The molecule has 0 radical (unpaired) electrons. The summed E-state index contributed by atoms with van der Waals surface area (Å²) in [4.78, 5) is 0. The average Bonchev–Trinajstić information content (AvgIpc) is 2.29. The lowest BCUT2D eigenvalue weighted by Crippen LogP contribution is -2.02. The number of halogens is 2. The van der Waals surface area contributed by atoms with Gasteiger partial charge >= 0.3 is 0 Å². The Morgan fingerprint density at radius 3 is 1.50 bits per heavy atom. The highest BCUT2D eigenvalue weighted by Crippen LogP contribution is 2.25. The summed E-state index contributed by atoms with van der Waals surface area (Å²) >= 11 is 0. The molecule has 1 rings (SSSR count). The molecule has 0 fully saturated rings. The Kier molecular flexibility index (Phi) is 3.58. The average molecular weight is 220 g/mol. The number of nitriles is 2. The van der Waals surface area contributed by atoms with E-state index >= 15 is 0 Å². The van der Waals surface area contributed by atoms with Crippen molar-refractivity contribution < 1.29 is 8.78 Å². The van der Waals surface area contributed by atoms with E-state index in [2.05, 4.69) is 0 Å². The summed E-state index contributed by atoms with van der Waals surface area (Å²) in [5, 5.41) is 17.3. The molecule has 0 amide bonds. The molecule has 0 aliphatic carbocycles. The second-order valence-electron chi connectivity index (χ2n) is 3.60. The summed E-state index contributed by atoms with van der Waals surface area (Å²) in [6.07, 6.45) is 0. The minimum absolute atomic E-state index is 0.0221. The third-order valence-corrected chi connectivity index (χ3v) is 2.44. The number of hydrogen-bond acceptors (Lipinski definition) is 2. The highest BCUT2D eigenvalue weighted by atomic mass is 19.1. The van der Waals surface area contributed by atoms with Crippen LogP contribution in [0.2, 0.25) is 0 Å². The number of rotatable bonds is 2. The first-order valence-corrected chi connectivity index (χ1v) is 4.79. The smallest absolute Gasteiger partial charge is 0.128 e. The fourth-order valence-electron chi connectivity index (χ4n) is 1.38. The van der Waals surface area contributed by atoms with Crippen molar-refractivity contribution in [2.24, 2.45) is 0 Å². The van der Waals surface area contributed by atoms with Crippen molar-refractivity contribution >= 4 is 0 Å². The lowest BCUT2D eigenvalue weighted by Gasteiger charge is -2.10. The highest BCUT2D eigenvalue weighted by molar-refractivity contribution is 5.34. The van der Waals surface area contributed by atoms with Gasteiger partial charge in [0.15, 0.2) is 0 Å². The van der Waals surface area contributed by atoms with Crippen molar-refractivity contribution in [3.8, 4) is 12.1 Å². The standard InChI is InChI=1S/C12H10F2N2/c1-7(5-15)9-3-12(14)10(4-11(9)13)8(2)6-16/h3-4,7-8H,1-2H3. The van der Waals surface area contributed by atoms with E-state index in [-0.39, 0.29) is 11.1 Å². The van der Waals surface area contributed by atoms with Crippen molar-refractivity contribution in [1.82, 2.24) is 0 Å². The Labute approximate surface area is 92.7 Å². The molecule has 2 atom stereocenters. The van der Waals surface area contributed by atoms with Crippen molar-refractivity contribution in [2.75, 3.05) is 0 Å². The van der Waals surface area contributed by atoms with Crippen LogP contribution in [0.5, 0.6) is 0 Å². The Hall–Kier alpha value is -1.94. The summed E-state index contributed by atoms with van der Waals surface area (Å²) in [6, 6.07) is 5.67. The van der Waals surface area contributed by atoms with Crippen LogP contribution in [0.3, 0.4) is 0 Å². The Morgan fingerprint density at radius 1 is 0.938 bits per heavy atom. The topological polar surface area (TPSA) is 47.6 Å². The third kappa shape index (κ3) is 2.17. The third-order valence-electron chi connectivity index (χ3n) is 2.44. The van der Waals surface area contributed by atoms with Gasteiger partial charge in [0, 0.05) is 11.1 Å². The molecule has 0 saturated carbocycles. The van der Waals surface area contributed by atoms with Crippen molar-refractivity contribution in [3.63, 3.8) is 0 Å². The second-order valence-corrected chi connectivity index (χ2v) is 3.60. The fourth-order valence-corrected chi connectivity index (χ4v) is 1.38. The lowest BCUT2D eigenvalue weighted by molar-refractivity contribution is 0.567. The predicted octanol–water partition coefficient (Wildman–Crippen LogP) is 3.22. The molecule has 0 aliphatic heterocycles. The summed E-state index contributed by atoms with van der Waals surface area (Å²) in [7, 11) is 0. The zero-order chi connectivity index (χ0) is 12.3. The van der Waals surface area contributed by atoms with E-state index in [4.69, 9.17) is 10.5 Å². The monoisotopic (exact) mass is 220 g/mol. The van der Waals surface area contributed by atoms with Gasteiger partial charge in [-0.3, -0.25) is 0 Å². The summed E-state index contributed by atoms with van der Waals surface area (Å²) < 4.78 is 27.1. The molecule has 0 heterocycles. The van der Waals surface area contributed by atoms with Gasteiger partial charge in [-0.2, -0.15) is 10.5 Å². The van der Waals surface area contributed by atoms with Crippen molar-refractivity contribution in [3.05, 3.63) is 34.9 Å². The lowest BCUT2D eigenvalue weighted by atomic mass is 9.95. The van der Waals surface area contributed by atoms with Gasteiger partial charge in [0.2, 0.25) is 0 Å². The van der Waals surface area contributed by atoms with Gasteiger partial charge in [0.25, 0.3) is 0 Å². The SMILES string of the molecule is CC(C#N)c1cc(F)c(C(C)C#N)cc1F. The van der Waals surface area contributed by atoms with Gasteiger partial charge in [-0.05, 0) is 26.0 Å². The van der Waals surface area contributed by atoms with Gasteiger partial charge in [-0.1, -0.05) is 0 Å². The van der Waals surface area contributed by atoms with E-state index in [0.717, 1.165) is 12.1 Å². The zero-order valence-corrected chi connectivity index (χ0v) is 8.96. The largest absolute Gasteiger partial charge is 0.207 e. The van der Waals surface area contributed by atoms with Crippen LogP contribution in [0, 0.1) is 34.3 Å². The minimum Gasteiger partial charge on any atom is -0.207 e. The molecule has 0 saturated heterocycles. The molecular weight excluding hydrogens is 210 g/mol. The van der Waals surface area contributed by atoms with Crippen LogP contribution in [0.4, 0.5) is 8.78 Å². The normalized spacial score (nSPS) is 13.6. The second kappa shape index (κ2) is 4.72. The van der Waals surface area contributed by atoms with Crippen molar-refractivity contribution in [2.45, 2.75) is 25.7 Å². The molecule has 0 aliphatic rings. The fraction of sp³-hybridized carbons (Fsp3) is 0.333. The molecule has 0 spiro atoms. The van der Waals surface area contributed by atoms with Gasteiger partial charge < -0.3 is 0 Å². The van der Waals surface area contributed by atoms with E-state index in [9.17, 15) is 8.78 Å². The molecule has 82 valence electrons. The Morgan fingerprint density at radius 2 is 1.25 bits per heavy atom. The molecule has 0 bridgehead atoms. The zero-order valence-electron chi connectivity index (χ0n) is 8.96. The van der Waals surface area contributed by atoms with Crippen LogP contribution < -0.4 is 0 Å². The van der Waals surface area contributed by atoms with E-state index in [1.807, 2.05) is 12.1 Å². The van der Waals surface area contributed by atoms with E-state index in [0.29, 0.717) is 0 Å². The molecular formula is C12H10F2N2. The summed E-state index contributed by atoms with van der Waals surface area (Å²) in [5.74, 6) is -2.71. The van der Waals surface area contributed by atoms with Crippen LogP contribution in [0.25, 0.3) is 0 Å². The number of nitrogens with zero attached hydrogens (tertiary/aromatic N) is 2. The molecule has 4 heteroatoms. The van der Waals surface area contributed by atoms with E-state index < -0.39 is 23.5 Å². The van der Waals surface area contributed by atoms with Crippen LogP contribution in [0.15, 0.2) is 12.1 Å². The van der Waals surface area contributed by atoms with E-state index in [1.54, 1.807) is 0 Å². The first-order valence-electron chi connectivity index (χ1n) is 4.79. The first kappa shape index (κ1) is 12.1. The minimum atomic E-state index is -0.707. The van der Waals surface area contributed by atoms with Gasteiger partial charge in [0.05, 0.1) is 24.0 Å². The van der Waals surface area contributed by atoms with Crippen LogP contribution in [-0.2, 0) is 0 Å². The van der Waals surface area contributed by atoms with Crippen molar-refractivity contribution in [1.29, 1.82) is 10.5 Å². The maximum atomic E-state index is 13.5. The Bertz CT molecular complexity index is 437. The maximum absolute atomic E-state index is 13.5. The van der Waals surface area contributed by atoms with Crippen LogP contribution in [0.1, 0.15) is 36.8 Å². The van der Waals surface area contributed by atoms with Crippen LogP contribution >= 0.6 is 0 Å². The van der Waals surface area contributed by atoms with E-state index in [1.165, 1.54) is 13.8 Å². The maximum Gasteiger partial charge on any atom is 0.128 e. The molecule has 2 unspecified atom stereocenters. The van der Waals surface area contributed by atoms with Gasteiger partial charge in [0.1, 0.15) is 11.6 Å². The quantitative estimate of drug-likeness (QED) is 0.768. The summed E-state index contributed by atoms with van der Waals surface area (Å²) in [6.45, 7) is 2.98. The van der Waals surface area contributed by atoms with Gasteiger partial charge in [-0.15, -0.1) is 0 Å². The number of hydrogen-bond donors (Lipinski definition) is 0. The highest BCUT2D eigenvalue weighted by Gasteiger charge is 2.17. The van der Waals surface area contributed by atoms with Gasteiger partial charge in [-0.25, -0.2) is 8.78 Å². The molecule has 0 N–H and O–H groups in total. The molecule has 0 aromatic heterocycles.